The van der Waals surface area contributed by atoms with Crippen LogP contribution in [0, 0.1) is 25.7 Å². The summed E-state index contributed by atoms with van der Waals surface area (Å²) in [7, 11) is 0. The van der Waals surface area contributed by atoms with E-state index in [4.69, 9.17) is 0 Å². The summed E-state index contributed by atoms with van der Waals surface area (Å²) in [4.78, 5) is 26.1. The number of allylic oxidation sites excluding steroid dienone is 2. The van der Waals surface area contributed by atoms with Gasteiger partial charge in [-0.25, -0.2) is 0 Å². The van der Waals surface area contributed by atoms with Crippen molar-refractivity contribution in [3.05, 3.63) is 113 Å². The van der Waals surface area contributed by atoms with Gasteiger partial charge in [-0.3, -0.25) is 4.79 Å². The molecule has 0 bridgehead atoms. The van der Waals surface area contributed by atoms with Crippen molar-refractivity contribution < 1.29 is 14.7 Å². The van der Waals surface area contributed by atoms with Crippen LogP contribution < -0.4 is 10.4 Å². The molecule has 0 radical (unpaired) electrons. The number of amides is 1. The zero-order valence-electron chi connectivity index (χ0n) is 18.2. The number of carbonyl (C=O) groups excluding carboxylic acids is 2. The third-order valence-corrected chi connectivity index (χ3v) is 6.40. The second-order valence-electron chi connectivity index (χ2n) is 8.42. The molecule has 4 heteroatoms. The van der Waals surface area contributed by atoms with E-state index in [1.807, 2.05) is 105 Å². The molecule has 4 atom stereocenters. The van der Waals surface area contributed by atoms with Crippen LogP contribution in [0.2, 0.25) is 0 Å². The van der Waals surface area contributed by atoms with Crippen molar-refractivity contribution in [2.45, 2.75) is 25.7 Å². The highest BCUT2D eigenvalue weighted by atomic mass is 16.4. The molecule has 3 aromatic rings. The van der Waals surface area contributed by atoms with Crippen molar-refractivity contribution in [1.82, 2.24) is 0 Å². The lowest BCUT2D eigenvalue weighted by molar-refractivity contribution is -0.313. The van der Waals surface area contributed by atoms with Crippen molar-refractivity contribution in [2.24, 2.45) is 11.8 Å². The highest BCUT2D eigenvalue weighted by molar-refractivity contribution is 5.96. The van der Waals surface area contributed by atoms with Crippen LogP contribution in [0.4, 0.5) is 5.69 Å². The summed E-state index contributed by atoms with van der Waals surface area (Å²) in [5, 5.41) is 15.4. The Balaban J connectivity index is 1.77. The Kier molecular flexibility index (Phi) is 6.22. The molecule has 0 saturated carbocycles. The Morgan fingerprint density at radius 1 is 0.719 bits per heavy atom. The van der Waals surface area contributed by atoms with Crippen molar-refractivity contribution in [3.8, 4) is 0 Å². The van der Waals surface area contributed by atoms with Gasteiger partial charge in [-0.2, -0.15) is 0 Å². The van der Waals surface area contributed by atoms with Gasteiger partial charge in [0.25, 0.3) is 0 Å². The fourth-order valence-corrected chi connectivity index (χ4v) is 4.58. The van der Waals surface area contributed by atoms with Crippen molar-refractivity contribution in [1.29, 1.82) is 0 Å². The van der Waals surface area contributed by atoms with E-state index in [0.717, 1.165) is 22.3 Å². The van der Waals surface area contributed by atoms with Gasteiger partial charge >= 0.3 is 0 Å². The minimum absolute atomic E-state index is 0.318. The fourth-order valence-electron chi connectivity index (χ4n) is 4.58. The summed E-state index contributed by atoms with van der Waals surface area (Å²) in [6.07, 6.45) is 3.88. The number of hydrogen-bond acceptors (Lipinski definition) is 3. The molecule has 162 valence electrons. The van der Waals surface area contributed by atoms with Gasteiger partial charge in [-0.1, -0.05) is 78.9 Å². The first-order chi connectivity index (χ1) is 15.5. The summed E-state index contributed by atoms with van der Waals surface area (Å²) in [6.45, 7) is 3.99. The van der Waals surface area contributed by atoms with Crippen LogP contribution in [0.15, 0.2) is 91.0 Å². The largest absolute Gasteiger partial charge is 0.550 e. The van der Waals surface area contributed by atoms with E-state index in [1.165, 1.54) is 0 Å². The molecular weight excluding hydrogens is 398 g/mol. The molecule has 0 spiro atoms. The minimum Gasteiger partial charge on any atom is -0.550 e. The molecule has 32 heavy (non-hydrogen) atoms. The summed E-state index contributed by atoms with van der Waals surface area (Å²) in [5.41, 5.74) is 4.61. The molecule has 1 aliphatic carbocycles. The van der Waals surface area contributed by atoms with Crippen LogP contribution in [-0.2, 0) is 9.59 Å². The number of benzene rings is 3. The number of aryl methyl sites for hydroxylation is 2. The number of carbonyl (C=O) groups is 2. The molecule has 4 nitrogen and oxygen atoms in total. The third-order valence-electron chi connectivity index (χ3n) is 6.40. The number of aliphatic carboxylic acids is 1. The molecule has 0 aliphatic heterocycles. The Morgan fingerprint density at radius 3 is 1.75 bits per heavy atom. The van der Waals surface area contributed by atoms with Crippen LogP contribution in [-0.4, -0.2) is 11.9 Å². The normalized spacial score (nSPS) is 22.3. The number of anilines is 1. The van der Waals surface area contributed by atoms with Crippen LogP contribution in [0.1, 0.15) is 34.1 Å². The first-order valence-electron chi connectivity index (χ1n) is 10.8. The lowest BCUT2D eigenvalue weighted by Gasteiger charge is -2.40. The highest BCUT2D eigenvalue weighted by Gasteiger charge is 2.42. The summed E-state index contributed by atoms with van der Waals surface area (Å²) >= 11 is 0. The average Bonchev–Trinajstić information content (AvgIpc) is 2.81. The fraction of sp³-hybridized carbons (Fsp3) is 0.214. The summed E-state index contributed by atoms with van der Waals surface area (Å²) in [5.74, 6) is -4.17. The first kappa shape index (κ1) is 21.6. The number of carboxylic acids is 1. The van der Waals surface area contributed by atoms with Crippen LogP contribution in [0.5, 0.6) is 0 Å². The molecule has 1 amide bonds. The van der Waals surface area contributed by atoms with Crippen LogP contribution in [0.3, 0.4) is 0 Å². The Bertz CT molecular complexity index is 1140. The van der Waals surface area contributed by atoms with E-state index >= 15 is 0 Å². The van der Waals surface area contributed by atoms with Crippen molar-refractivity contribution >= 4 is 17.6 Å². The van der Waals surface area contributed by atoms with Crippen LogP contribution in [0.25, 0.3) is 0 Å². The van der Waals surface area contributed by atoms with E-state index < -0.39 is 23.7 Å². The lowest BCUT2D eigenvalue weighted by atomic mass is 9.66. The molecule has 4 rings (SSSR count). The standard InChI is InChI=1S/C28H27NO3/c1-18-13-14-22(17-19(18)2)29-27(30)25-23(20-9-5-3-6-10-20)15-16-24(26(25)28(31)32)21-11-7-4-8-12-21/h3-17,23-26H,1-2H3,(H,29,30)(H,31,32)/p-1/t23-,24-,25-,26+/m1/s1. The van der Waals surface area contributed by atoms with E-state index in [1.54, 1.807) is 0 Å². The van der Waals surface area contributed by atoms with Gasteiger partial charge < -0.3 is 15.2 Å². The second-order valence-corrected chi connectivity index (χ2v) is 8.42. The Morgan fingerprint density at radius 2 is 1.25 bits per heavy atom. The van der Waals surface area contributed by atoms with Gasteiger partial charge in [-0.05, 0) is 48.2 Å². The molecule has 1 aliphatic rings. The first-order valence-corrected chi connectivity index (χ1v) is 10.8. The second kappa shape index (κ2) is 9.23. The third kappa shape index (κ3) is 4.35. The van der Waals surface area contributed by atoms with Gasteiger partial charge in [0.1, 0.15) is 0 Å². The Hall–Kier alpha value is -3.66. The Labute approximate surface area is 188 Å². The van der Waals surface area contributed by atoms with E-state index in [2.05, 4.69) is 5.32 Å². The molecule has 0 unspecified atom stereocenters. The summed E-state index contributed by atoms with van der Waals surface area (Å²) < 4.78 is 0. The van der Waals surface area contributed by atoms with Gasteiger partial charge in [-0.15, -0.1) is 0 Å². The van der Waals surface area contributed by atoms with E-state index in [9.17, 15) is 14.7 Å². The predicted molar refractivity (Wildman–Crippen MR) is 124 cm³/mol. The smallest absolute Gasteiger partial charge is 0.229 e. The molecule has 0 fully saturated rings. The SMILES string of the molecule is Cc1ccc(NC(=O)[C@H]2[C@@H](C(=O)[O-])[C@@H](c3ccccc3)C=C[C@@H]2c2ccccc2)cc1C. The number of carboxylic acid groups (broad SMARTS) is 1. The zero-order chi connectivity index (χ0) is 22.7. The molecule has 1 N–H and O–H groups in total. The molecular formula is C28H26NO3-. The lowest BCUT2D eigenvalue weighted by Crippen LogP contribution is -2.47. The minimum atomic E-state index is -1.22. The van der Waals surface area contributed by atoms with Crippen LogP contribution >= 0.6 is 0 Å². The molecule has 0 saturated heterocycles. The molecule has 0 heterocycles. The average molecular weight is 425 g/mol. The van der Waals surface area contributed by atoms with Gasteiger partial charge in [0.2, 0.25) is 5.91 Å². The highest BCUT2D eigenvalue weighted by Crippen LogP contribution is 2.44. The van der Waals surface area contributed by atoms with Gasteiger partial charge in [0, 0.05) is 29.4 Å². The van der Waals surface area contributed by atoms with E-state index in [-0.39, 0.29) is 11.8 Å². The quantitative estimate of drug-likeness (QED) is 0.619. The molecule has 0 aromatic heterocycles. The number of rotatable bonds is 5. The zero-order valence-corrected chi connectivity index (χ0v) is 18.2. The van der Waals surface area contributed by atoms with Gasteiger partial charge in [0.05, 0.1) is 5.92 Å². The summed E-state index contributed by atoms with van der Waals surface area (Å²) in [6, 6.07) is 24.7. The maximum absolute atomic E-state index is 13.6. The number of nitrogens with one attached hydrogen (secondary N) is 1. The maximum Gasteiger partial charge on any atom is 0.229 e. The van der Waals surface area contributed by atoms with E-state index in [0.29, 0.717) is 5.69 Å². The van der Waals surface area contributed by atoms with Crippen molar-refractivity contribution in [2.75, 3.05) is 5.32 Å². The monoisotopic (exact) mass is 424 g/mol. The number of hydrogen-bond donors (Lipinski definition) is 1. The molecule has 3 aromatic carbocycles. The van der Waals surface area contributed by atoms with Crippen molar-refractivity contribution in [3.63, 3.8) is 0 Å². The topological polar surface area (TPSA) is 69.2 Å². The predicted octanol–water partition coefficient (Wildman–Crippen LogP) is 4.36. The maximum atomic E-state index is 13.6. The van der Waals surface area contributed by atoms with Gasteiger partial charge in [0.15, 0.2) is 0 Å².